The Morgan fingerprint density at radius 3 is 0.818 bits per heavy atom. The second kappa shape index (κ2) is 25.9. The highest BCUT2D eigenvalue weighted by Crippen LogP contribution is 2.09. The van der Waals surface area contributed by atoms with Crippen LogP contribution in [-0.2, 0) is 0 Å². The molecule has 136 valence electrons. The molecule has 0 fully saturated rings. The summed E-state index contributed by atoms with van der Waals surface area (Å²) in [5.41, 5.74) is 0. The Morgan fingerprint density at radius 1 is 0.364 bits per heavy atom. The lowest BCUT2D eigenvalue weighted by Crippen LogP contribution is -1.83. The van der Waals surface area contributed by atoms with Gasteiger partial charge in [-0.15, -0.1) is 0 Å². The minimum atomic E-state index is 0.370. The Labute approximate surface area is 142 Å². The van der Waals surface area contributed by atoms with Crippen LogP contribution in [0.3, 0.4) is 0 Å². The summed E-state index contributed by atoms with van der Waals surface area (Å²) in [5, 5.41) is 8.51. The second-order valence-corrected chi connectivity index (χ2v) is 6.67. The van der Waals surface area contributed by atoms with Crippen molar-refractivity contribution in [3.63, 3.8) is 0 Å². The predicted molar refractivity (Wildman–Crippen MR) is 103 cm³/mol. The Hall–Kier alpha value is -0.0400. The maximum atomic E-state index is 8.51. The van der Waals surface area contributed by atoms with Crippen LogP contribution in [0.5, 0.6) is 0 Å². The summed E-state index contributed by atoms with van der Waals surface area (Å²) < 4.78 is 0. The lowest BCUT2D eigenvalue weighted by atomic mass is 10.1. The molecule has 0 bridgehead atoms. The molecule has 22 heavy (non-hydrogen) atoms. The molecule has 1 N–H and O–H groups in total. The molecule has 0 saturated carbocycles. The molecule has 1 heteroatoms. The molecule has 0 unspecified atom stereocenters. The summed E-state index contributed by atoms with van der Waals surface area (Å²) in [7, 11) is 0. The van der Waals surface area contributed by atoms with Gasteiger partial charge in [0.2, 0.25) is 0 Å². The monoisotopic (exact) mass is 314 g/mol. The van der Waals surface area contributed by atoms with Gasteiger partial charge in [-0.1, -0.05) is 124 Å². The summed E-state index contributed by atoms with van der Waals surface area (Å²) in [5.74, 6) is 0. The molecule has 0 heterocycles. The molecule has 0 atom stereocenters. The van der Waals surface area contributed by atoms with Crippen molar-refractivity contribution in [2.45, 2.75) is 130 Å². The normalized spacial score (nSPS) is 10.4. The van der Waals surface area contributed by atoms with Gasteiger partial charge in [0, 0.05) is 6.61 Å². The zero-order valence-electron chi connectivity index (χ0n) is 16.2. The summed E-state index contributed by atoms with van der Waals surface area (Å²) in [4.78, 5) is 0. The molecule has 0 aromatic rings. The van der Waals surface area contributed by atoms with Crippen molar-refractivity contribution in [1.29, 1.82) is 0 Å². The minimum Gasteiger partial charge on any atom is -0.396 e. The highest BCUT2D eigenvalue weighted by molar-refractivity contribution is 4.45. The molecule has 0 aliphatic carbocycles. The molecule has 0 radical (unpaired) electrons. The number of unbranched alkanes of at least 4 members (excludes halogenated alkanes) is 15. The van der Waals surface area contributed by atoms with Crippen molar-refractivity contribution in [2.75, 3.05) is 6.61 Å². The summed E-state index contributed by atoms with van der Waals surface area (Å²) in [6, 6.07) is 0. The van der Waals surface area contributed by atoms with Gasteiger partial charge in [-0.25, -0.2) is 0 Å². The molecular formula is C21H46O. The van der Waals surface area contributed by atoms with E-state index in [1.807, 2.05) is 0 Å². The van der Waals surface area contributed by atoms with E-state index < -0.39 is 0 Å². The maximum absolute atomic E-state index is 8.51. The molecule has 0 spiro atoms. The first-order valence-corrected chi connectivity index (χ1v) is 10.4. The van der Waals surface area contributed by atoms with E-state index in [0.29, 0.717) is 6.61 Å². The molecule has 0 rings (SSSR count). The third-order valence-electron chi connectivity index (χ3n) is 4.22. The van der Waals surface area contributed by atoms with Crippen LogP contribution in [0.15, 0.2) is 0 Å². The minimum absolute atomic E-state index is 0.370. The molecule has 1 nitrogen and oxygen atoms in total. The Kier molecular flexibility index (Phi) is 28.5. The van der Waals surface area contributed by atoms with Gasteiger partial charge in [0.05, 0.1) is 0 Å². The zero-order chi connectivity index (χ0) is 16.7. The van der Waals surface area contributed by atoms with Crippen molar-refractivity contribution in [1.82, 2.24) is 0 Å². The third-order valence-corrected chi connectivity index (χ3v) is 4.22. The first-order valence-electron chi connectivity index (χ1n) is 10.4. The van der Waals surface area contributed by atoms with Crippen molar-refractivity contribution in [3.8, 4) is 0 Å². The average Bonchev–Trinajstić information content (AvgIpc) is 2.54. The molecular weight excluding hydrogens is 268 g/mol. The van der Waals surface area contributed by atoms with Gasteiger partial charge < -0.3 is 5.11 Å². The van der Waals surface area contributed by atoms with Gasteiger partial charge in [0.15, 0.2) is 0 Å². The highest BCUT2D eigenvalue weighted by Gasteiger charge is 1.90. The summed E-state index contributed by atoms with van der Waals surface area (Å²) in [6.45, 7) is 7.16. The molecule has 0 amide bonds. The van der Waals surface area contributed by atoms with Crippen LogP contribution < -0.4 is 0 Å². The largest absolute Gasteiger partial charge is 0.396 e. The van der Waals surface area contributed by atoms with E-state index in [-0.39, 0.29) is 0 Å². The van der Waals surface area contributed by atoms with Gasteiger partial charge in [-0.05, 0) is 6.42 Å². The highest BCUT2D eigenvalue weighted by atomic mass is 16.2. The second-order valence-electron chi connectivity index (χ2n) is 6.67. The molecule has 0 saturated heterocycles. The Morgan fingerprint density at radius 2 is 0.591 bits per heavy atom. The molecule has 0 aromatic heterocycles. The molecule has 0 aliphatic rings. The van der Waals surface area contributed by atoms with Gasteiger partial charge in [0.25, 0.3) is 0 Å². The van der Waals surface area contributed by atoms with Crippen molar-refractivity contribution < 1.29 is 5.11 Å². The number of hydrogen-bond donors (Lipinski definition) is 1. The lowest BCUT2D eigenvalue weighted by molar-refractivity contribution is 0.282. The first-order chi connectivity index (χ1) is 10.8. The van der Waals surface area contributed by atoms with Crippen LogP contribution in [0.25, 0.3) is 0 Å². The standard InChI is InChI=1S/C11H24.C10H22O/c1-3-5-7-9-11-10-8-6-4-2;1-2-3-4-5-6-7-8-9-10-11/h3-11H2,1-2H3;11H,2-10H2,1H3. The quantitative estimate of drug-likeness (QED) is 0.290. The van der Waals surface area contributed by atoms with E-state index in [9.17, 15) is 0 Å². The van der Waals surface area contributed by atoms with Crippen LogP contribution in [0.4, 0.5) is 0 Å². The van der Waals surface area contributed by atoms with Crippen LogP contribution in [-0.4, -0.2) is 11.7 Å². The topological polar surface area (TPSA) is 20.2 Å². The van der Waals surface area contributed by atoms with E-state index in [4.69, 9.17) is 5.11 Å². The fourth-order valence-electron chi connectivity index (χ4n) is 2.63. The summed E-state index contributed by atoms with van der Waals surface area (Å²) >= 11 is 0. The van der Waals surface area contributed by atoms with Gasteiger partial charge >= 0.3 is 0 Å². The molecule has 0 aromatic carbocycles. The predicted octanol–water partition coefficient (Wildman–Crippen LogP) is 7.66. The summed E-state index contributed by atoms with van der Waals surface area (Å²) in [6.07, 6.45) is 23.3. The number of rotatable bonds is 16. The fourth-order valence-corrected chi connectivity index (χ4v) is 2.63. The first kappa shape index (κ1) is 24.2. The van der Waals surface area contributed by atoms with E-state index in [1.165, 1.54) is 103 Å². The van der Waals surface area contributed by atoms with Crippen LogP contribution >= 0.6 is 0 Å². The van der Waals surface area contributed by atoms with Crippen LogP contribution in [0.1, 0.15) is 130 Å². The Balaban J connectivity index is 0. The number of aliphatic hydroxyl groups is 1. The van der Waals surface area contributed by atoms with Crippen molar-refractivity contribution in [2.24, 2.45) is 0 Å². The van der Waals surface area contributed by atoms with E-state index >= 15 is 0 Å². The number of aliphatic hydroxyl groups excluding tert-OH is 1. The maximum Gasteiger partial charge on any atom is 0.0431 e. The SMILES string of the molecule is CCCCCCCCCCC.CCCCCCCCCCO. The fraction of sp³-hybridized carbons (Fsp3) is 1.00. The van der Waals surface area contributed by atoms with E-state index in [2.05, 4.69) is 20.8 Å². The van der Waals surface area contributed by atoms with E-state index in [1.54, 1.807) is 0 Å². The smallest absolute Gasteiger partial charge is 0.0431 e. The molecule has 0 aliphatic heterocycles. The number of hydrogen-bond acceptors (Lipinski definition) is 1. The van der Waals surface area contributed by atoms with E-state index in [0.717, 1.165) is 6.42 Å². The van der Waals surface area contributed by atoms with Crippen LogP contribution in [0.2, 0.25) is 0 Å². The van der Waals surface area contributed by atoms with Crippen molar-refractivity contribution in [3.05, 3.63) is 0 Å². The Bertz CT molecular complexity index is 122. The lowest BCUT2D eigenvalue weighted by Gasteiger charge is -1.98. The van der Waals surface area contributed by atoms with Crippen LogP contribution in [0, 0.1) is 0 Å². The zero-order valence-corrected chi connectivity index (χ0v) is 16.2. The van der Waals surface area contributed by atoms with Gasteiger partial charge in [-0.3, -0.25) is 0 Å². The average molecular weight is 315 g/mol. The third kappa shape index (κ3) is 28.2. The van der Waals surface area contributed by atoms with Crippen molar-refractivity contribution >= 4 is 0 Å². The van der Waals surface area contributed by atoms with Gasteiger partial charge in [-0.2, -0.15) is 0 Å². The van der Waals surface area contributed by atoms with Gasteiger partial charge in [0.1, 0.15) is 0 Å².